The van der Waals surface area contributed by atoms with Gasteiger partial charge >= 0.3 is 0 Å². The second kappa shape index (κ2) is 3.69. The van der Waals surface area contributed by atoms with Gasteiger partial charge in [0.05, 0.1) is 0 Å². The van der Waals surface area contributed by atoms with Gasteiger partial charge in [-0.1, -0.05) is 23.8 Å². The van der Waals surface area contributed by atoms with Crippen LogP contribution in [0.15, 0.2) is 23.8 Å². The largest absolute Gasteiger partial charge is 0.0999 e. The Balaban J connectivity index is 2.17. The molecule has 13 heavy (non-hydrogen) atoms. The highest BCUT2D eigenvalue weighted by Crippen LogP contribution is 2.40. The van der Waals surface area contributed by atoms with Gasteiger partial charge in [0.25, 0.3) is 0 Å². The van der Waals surface area contributed by atoms with E-state index in [-0.39, 0.29) is 0 Å². The fourth-order valence-corrected chi connectivity index (χ4v) is 2.97. The van der Waals surface area contributed by atoms with Crippen molar-refractivity contribution >= 4 is 0 Å². The molecule has 0 saturated heterocycles. The highest BCUT2D eigenvalue weighted by atomic mass is 14.3. The van der Waals surface area contributed by atoms with Gasteiger partial charge < -0.3 is 0 Å². The summed E-state index contributed by atoms with van der Waals surface area (Å²) < 4.78 is 0. The van der Waals surface area contributed by atoms with Crippen LogP contribution in [0.1, 0.15) is 45.4 Å². The Kier molecular flexibility index (Phi) is 2.57. The van der Waals surface area contributed by atoms with E-state index in [4.69, 9.17) is 0 Å². The summed E-state index contributed by atoms with van der Waals surface area (Å²) in [6, 6.07) is 0. The van der Waals surface area contributed by atoms with Crippen LogP contribution < -0.4 is 0 Å². The first kappa shape index (κ1) is 9.05. The van der Waals surface area contributed by atoms with Gasteiger partial charge in [-0.3, -0.25) is 0 Å². The fourth-order valence-electron chi connectivity index (χ4n) is 2.97. The predicted octanol–water partition coefficient (Wildman–Crippen LogP) is 4.09. The molecule has 2 bridgehead atoms. The van der Waals surface area contributed by atoms with E-state index >= 15 is 0 Å². The lowest BCUT2D eigenvalue weighted by Crippen LogP contribution is -2.14. The third-order valence-corrected chi connectivity index (χ3v) is 3.79. The van der Waals surface area contributed by atoms with Crippen molar-refractivity contribution in [3.8, 4) is 0 Å². The van der Waals surface area contributed by atoms with Crippen LogP contribution in [0.2, 0.25) is 0 Å². The molecule has 1 fully saturated rings. The molecule has 0 nitrogen and oxygen atoms in total. The van der Waals surface area contributed by atoms with Gasteiger partial charge in [0.2, 0.25) is 0 Å². The summed E-state index contributed by atoms with van der Waals surface area (Å²) >= 11 is 0. The van der Waals surface area contributed by atoms with E-state index in [1.54, 1.807) is 5.57 Å². The minimum absolute atomic E-state index is 0.825. The molecule has 0 heterocycles. The third kappa shape index (κ3) is 1.87. The molecule has 2 aliphatic rings. The minimum atomic E-state index is 0.825. The molecule has 2 unspecified atom stereocenters. The Labute approximate surface area is 81.7 Å². The molecule has 0 N–H and O–H groups in total. The summed E-state index contributed by atoms with van der Waals surface area (Å²) in [5.41, 5.74) is 3.15. The maximum absolute atomic E-state index is 4.15. The second-order valence-electron chi connectivity index (χ2n) is 4.73. The lowest BCUT2D eigenvalue weighted by Gasteiger charge is -2.25. The Bertz CT molecular complexity index is 234. The maximum atomic E-state index is 4.15. The summed E-state index contributed by atoms with van der Waals surface area (Å²) in [6.45, 7) is 6.36. The Morgan fingerprint density at radius 2 is 2.08 bits per heavy atom. The molecular weight excluding hydrogens is 156 g/mol. The van der Waals surface area contributed by atoms with Gasteiger partial charge in [-0.05, 0) is 57.3 Å². The zero-order valence-electron chi connectivity index (χ0n) is 8.68. The molecular formula is C13H20. The highest BCUT2D eigenvalue weighted by molar-refractivity contribution is 5.11. The summed E-state index contributed by atoms with van der Waals surface area (Å²) in [5.74, 6) is 1.76. The van der Waals surface area contributed by atoms with Gasteiger partial charge in [-0.25, -0.2) is 0 Å². The van der Waals surface area contributed by atoms with E-state index in [1.165, 1.54) is 44.1 Å². The van der Waals surface area contributed by atoms with Crippen molar-refractivity contribution < 1.29 is 0 Å². The van der Waals surface area contributed by atoms with Crippen LogP contribution in [-0.4, -0.2) is 0 Å². The molecule has 1 saturated carbocycles. The zero-order chi connectivity index (χ0) is 9.26. The number of hydrogen-bond acceptors (Lipinski definition) is 0. The Hall–Kier alpha value is -0.520. The summed E-state index contributed by atoms with van der Waals surface area (Å²) in [6.07, 6.45) is 10.7. The second-order valence-corrected chi connectivity index (χ2v) is 4.73. The van der Waals surface area contributed by atoms with Crippen molar-refractivity contribution in [2.75, 3.05) is 0 Å². The van der Waals surface area contributed by atoms with E-state index in [1.807, 2.05) is 0 Å². The van der Waals surface area contributed by atoms with E-state index < -0.39 is 0 Å². The zero-order valence-corrected chi connectivity index (χ0v) is 8.68. The van der Waals surface area contributed by atoms with Gasteiger partial charge in [0.1, 0.15) is 0 Å². The van der Waals surface area contributed by atoms with Crippen LogP contribution in [0.25, 0.3) is 0 Å². The smallest absolute Gasteiger partial charge is 0.0177 e. The van der Waals surface area contributed by atoms with Crippen molar-refractivity contribution in [2.24, 2.45) is 11.8 Å². The quantitative estimate of drug-likeness (QED) is 0.528. The molecule has 2 atom stereocenters. The van der Waals surface area contributed by atoms with Crippen LogP contribution >= 0.6 is 0 Å². The van der Waals surface area contributed by atoms with Crippen molar-refractivity contribution in [1.29, 1.82) is 0 Å². The average Bonchev–Trinajstić information content (AvgIpc) is 2.35. The van der Waals surface area contributed by atoms with Crippen molar-refractivity contribution in [2.45, 2.75) is 45.4 Å². The maximum Gasteiger partial charge on any atom is -0.0177 e. The molecule has 0 aromatic rings. The van der Waals surface area contributed by atoms with E-state index in [2.05, 4.69) is 19.6 Å². The van der Waals surface area contributed by atoms with E-state index in [0.717, 1.165) is 11.8 Å². The van der Waals surface area contributed by atoms with Crippen LogP contribution in [0.3, 0.4) is 0 Å². The number of hydrogen-bond donors (Lipinski definition) is 0. The van der Waals surface area contributed by atoms with E-state index in [0.29, 0.717) is 0 Å². The monoisotopic (exact) mass is 176 g/mol. The van der Waals surface area contributed by atoms with Gasteiger partial charge in [-0.2, -0.15) is 0 Å². The summed E-state index contributed by atoms with van der Waals surface area (Å²) in [5, 5.41) is 0. The molecule has 2 rings (SSSR count). The number of allylic oxidation sites excluding steroid dienone is 3. The highest BCUT2D eigenvalue weighted by Gasteiger charge is 2.26. The van der Waals surface area contributed by atoms with Crippen LogP contribution in [0.4, 0.5) is 0 Å². The number of fused-ring (bicyclic) bond motifs is 3. The molecule has 0 aromatic heterocycles. The normalized spacial score (nSPS) is 33.5. The molecule has 0 radical (unpaired) electrons. The van der Waals surface area contributed by atoms with Crippen LogP contribution in [0, 0.1) is 11.8 Å². The molecule has 2 aliphatic carbocycles. The summed E-state index contributed by atoms with van der Waals surface area (Å²) in [4.78, 5) is 0. The number of rotatable bonds is 1. The first-order valence-corrected chi connectivity index (χ1v) is 5.60. The fraction of sp³-hybridized carbons (Fsp3) is 0.692. The van der Waals surface area contributed by atoms with Crippen LogP contribution in [0.5, 0.6) is 0 Å². The van der Waals surface area contributed by atoms with Crippen LogP contribution in [-0.2, 0) is 0 Å². The molecule has 72 valence electrons. The SMILES string of the molecule is C=C(C)C1CCC2=CCCC1CC2. The molecule has 0 aliphatic heterocycles. The minimum Gasteiger partial charge on any atom is -0.0999 e. The standard InChI is InChI=1S/C13H20/c1-10(2)13-9-7-11-4-3-5-12(13)8-6-11/h4,12-13H,1,3,5-9H2,2H3. The molecule has 0 spiro atoms. The average molecular weight is 176 g/mol. The first-order chi connectivity index (χ1) is 6.27. The lowest BCUT2D eigenvalue weighted by atomic mass is 9.80. The van der Waals surface area contributed by atoms with Gasteiger partial charge in [0, 0.05) is 0 Å². The third-order valence-electron chi connectivity index (χ3n) is 3.79. The predicted molar refractivity (Wildman–Crippen MR) is 57.6 cm³/mol. The van der Waals surface area contributed by atoms with Crippen molar-refractivity contribution in [3.63, 3.8) is 0 Å². The Morgan fingerprint density at radius 3 is 2.85 bits per heavy atom. The van der Waals surface area contributed by atoms with Gasteiger partial charge in [-0.15, -0.1) is 0 Å². The topological polar surface area (TPSA) is 0 Å². The van der Waals surface area contributed by atoms with Crippen molar-refractivity contribution in [3.05, 3.63) is 23.8 Å². The summed E-state index contributed by atoms with van der Waals surface area (Å²) in [7, 11) is 0. The molecule has 0 aromatic carbocycles. The van der Waals surface area contributed by atoms with Gasteiger partial charge in [0.15, 0.2) is 0 Å². The lowest BCUT2D eigenvalue weighted by molar-refractivity contribution is 0.338. The Morgan fingerprint density at radius 1 is 1.31 bits per heavy atom. The first-order valence-electron chi connectivity index (χ1n) is 5.60. The van der Waals surface area contributed by atoms with E-state index in [9.17, 15) is 0 Å². The van der Waals surface area contributed by atoms with Crippen molar-refractivity contribution in [1.82, 2.24) is 0 Å². The molecule has 0 amide bonds. The molecule has 0 heteroatoms.